The molecule has 0 amide bonds. The number of nitrogens with zero attached hydrogens (tertiary/aromatic N) is 3. The van der Waals surface area contributed by atoms with Gasteiger partial charge in [-0.3, -0.25) is 0 Å². The molecule has 2 heterocycles. The molecule has 0 saturated heterocycles. The number of rotatable bonds is 2. The van der Waals surface area contributed by atoms with E-state index in [-0.39, 0.29) is 5.56 Å². The van der Waals surface area contributed by atoms with E-state index >= 15 is 0 Å². The summed E-state index contributed by atoms with van der Waals surface area (Å²) < 4.78 is 1.91. The lowest BCUT2D eigenvalue weighted by atomic mass is 10.2. The van der Waals surface area contributed by atoms with Gasteiger partial charge in [-0.2, -0.15) is 0 Å². The van der Waals surface area contributed by atoms with Gasteiger partial charge in [-0.1, -0.05) is 0 Å². The monoisotopic (exact) mass is 259 g/mol. The maximum Gasteiger partial charge on any atom is 0.335 e. The molecule has 1 aromatic carbocycles. The van der Waals surface area contributed by atoms with Crippen molar-refractivity contribution in [2.24, 2.45) is 7.05 Å². The minimum atomic E-state index is -0.947. The molecule has 3 aromatic rings. The number of fused-ring (bicyclic) bond motifs is 1. The van der Waals surface area contributed by atoms with E-state index in [2.05, 4.69) is 9.97 Å². The summed E-state index contributed by atoms with van der Waals surface area (Å²) in [4.78, 5) is 19.6. The Morgan fingerprint density at radius 1 is 1.44 bits per heavy atom. The fraction of sp³-hybridized carbons (Fsp3) is 0.0833. The number of aryl methyl sites for hydroxylation is 1. The van der Waals surface area contributed by atoms with Gasteiger partial charge in [0, 0.05) is 12.4 Å². The Kier molecular flexibility index (Phi) is 2.38. The van der Waals surface area contributed by atoms with Crippen molar-refractivity contribution in [1.29, 1.82) is 0 Å². The molecular weight excluding hydrogens is 250 g/mol. The molecule has 90 valence electrons. The molecule has 0 fully saturated rings. The molecular formula is C12H9N3O2S. The highest BCUT2D eigenvalue weighted by atomic mass is 32.1. The van der Waals surface area contributed by atoms with Gasteiger partial charge in [0.1, 0.15) is 5.69 Å². The number of hydrogen-bond acceptors (Lipinski definition) is 4. The lowest BCUT2D eigenvalue weighted by Gasteiger charge is -1.98. The average Bonchev–Trinajstić information content (AvgIpc) is 2.97. The van der Waals surface area contributed by atoms with E-state index in [0.717, 1.165) is 17.0 Å². The second-order valence-corrected chi connectivity index (χ2v) is 4.60. The van der Waals surface area contributed by atoms with Gasteiger partial charge in [0.2, 0.25) is 0 Å². The minimum absolute atomic E-state index is 0.241. The molecule has 5 nitrogen and oxygen atoms in total. The highest BCUT2D eigenvalue weighted by Gasteiger charge is 2.13. The third-order valence-electron chi connectivity index (χ3n) is 2.79. The van der Waals surface area contributed by atoms with E-state index in [9.17, 15) is 4.79 Å². The van der Waals surface area contributed by atoms with Gasteiger partial charge in [-0.15, -0.1) is 11.3 Å². The fourth-order valence-electron chi connectivity index (χ4n) is 1.88. The number of thiazole rings is 1. The van der Waals surface area contributed by atoms with Crippen molar-refractivity contribution in [3.05, 3.63) is 34.7 Å². The Labute approximate surface area is 106 Å². The van der Waals surface area contributed by atoms with Crippen LogP contribution in [0.4, 0.5) is 0 Å². The van der Waals surface area contributed by atoms with Crippen LogP contribution in [0.2, 0.25) is 0 Å². The van der Waals surface area contributed by atoms with E-state index < -0.39 is 5.97 Å². The van der Waals surface area contributed by atoms with Gasteiger partial charge in [0.15, 0.2) is 5.82 Å². The normalized spacial score (nSPS) is 10.9. The van der Waals surface area contributed by atoms with Crippen LogP contribution in [0.25, 0.3) is 22.6 Å². The molecule has 6 heteroatoms. The maximum absolute atomic E-state index is 10.9. The topological polar surface area (TPSA) is 68.0 Å². The number of aromatic nitrogens is 3. The third-order valence-corrected chi connectivity index (χ3v) is 3.38. The predicted octanol–water partition coefficient (Wildman–Crippen LogP) is 2.40. The van der Waals surface area contributed by atoms with E-state index in [1.165, 1.54) is 11.3 Å². The van der Waals surface area contributed by atoms with Crippen LogP contribution < -0.4 is 0 Å². The molecule has 0 unspecified atom stereocenters. The molecule has 0 aliphatic heterocycles. The number of carboxylic acid groups (broad SMARTS) is 1. The second kappa shape index (κ2) is 3.92. The molecule has 0 aliphatic rings. The molecule has 0 atom stereocenters. The van der Waals surface area contributed by atoms with E-state index in [4.69, 9.17) is 5.11 Å². The summed E-state index contributed by atoms with van der Waals surface area (Å²) in [5.41, 5.74) is 4.35. The lowest BCUT2D eigenvalue weighted by molar-refractivity contribution is 0.0697. The summed E-state index contributed by atoms with van der Waals surface area (Å²) in [5, 5.41) is 10.9. The molecule has 0 saturated carbocycles. The van der Waals surface area contributed by atoms with Gasteiger partial charge in [-0.25, -0.2) is 14.8 Å². The van der Waals surface area contributed by atoms with Crippen molar-refractivity contribution in [1.82, 2.24) is 14.5 Å². The van der Waals surface area contributed by atoms with Crippen LogP contribution in [0, 0.1) is 0 Å². The molecule has 1 N–H and O–H groups in total. The number of carboxylic acids is 1. The van der Waals surface area contributed by atoms with Crippen molar-refractivity contribution in [2.75, 3.05) is 0 Å². The number of aromatic carboxylic acids is 1. The summed E-state index contributed by atoms with van der Waals surface area (Å²) >= 11 is 1.50. The molecule has 3 rings (SSSR count). The average molecular weight is 259 g/mol. The van der Waals surface area contributed by atoms with Gasteiger partial charge in [0.05, 0.1) is 22.1 Å². The molecule has 0 spiro atoms. The van der Waals surface area contributed by atoms with Crippen molar-refractivity contribution in [3.8, 4) is 11.5 Å². The Morgan fingerprint density at radius 2 is 2.28 bits per heavy atom. The Bertz CT molecular complexity index is 731. The van der Waals surface area contributed by atoms with Gasteiger partial charge in [0.25, 0.3) is 0 Å². The van der Waals surface area contributed by atoms with Crippen molar-refractivity contribution >= 4 is 28.3 Å². The molecule has 0 bridgehead atoms. The Hall–Kier alpha value is -2.21. The number of hydrogen-bond donors (Lipinski definition) is 1. The van der Waals surface area contributed by atoms with Gasteiger partial charge >= 0.3 is 5.97 Å². The highest BCUT2D eigenvalue weighted by molar-refractivity contribution is 7.07. The summed E-state index contributed by atoms with van der Waals surface area (Å²) in [7, 11) is 1.89. The van der Waals surface area contributed by atoms with Crippen molar-refractivity contribution in [2.45, 2.75) is 0 Å². The van der Waals surface area contributed by atoms with E-state index in [1.807, 2.05) is 17.0 Å². The van der Waals surface area contributed by atoms with E-state index in [0.29, 0.717) is 5.52 Å². The smallest absolute Gasteiger partial charge is 0.335 e. The Morgan fingerprint density at radius 3 is 2.94 bits per heavy atom. The van der Waals surface area contributed by atoms with Crippen LogP contribution in [0.1, 0.15) is 10.4 Å². The largest absolute Gasteiger partial charge is 0.478 e. The summed E-state index contributed by atoms with van der Waals surface area (Å²) in [6.07, 6.45) is 0. The highest BCUT2D eigenvalue weighted by Crippen LogP contribution is 2.24. The third kappa shape index (κ3) is 1.58. The molecule has 18 heavy (non-hydrogen) atoms. The van der Waals surface area contributed by atoms with Gasteiger partial charge < -0.3 is 9.67 Å². The standard InChI is InChI=1S/C12H9N3O2S/c1-15-10-3-2-7(12(16)17)4-8(10)14-11(15)9-5-18-6-13-9/h2-6H,1H3,(H,16,17). The lowest BCUT2D eigenvalue weighted by Crippen LogP contribution is -1.95. The first-order chi connectivity index (χ1) is 8.66. The van der Waals surface area contributed by atoms with Crippen LogP contribution >= 0.6 is 11.3 Å². The van der Waals surface area contributed by atoms with Crippen LogP contribution in [0.15, 0.2) is 29.1 Å². The number of benzene rings is 1. The van der Waals surface area contributed by atoms with Gasteiger partial charge in [-0.05, 0) is 18.2 Å². The Balaban J connectivity index is 2.25. The summed E-state index contributed by atoms with van der Waals surface area (Å²) in [5.74, 6) is -0.202. The first kappa shape index (κ1) is 10.9. The molecule has 0 aliphatic carbocycles. The number of imidazole rings is 1. The molecule has 0 radical (unpaired) electrons. The summed E-state index contributed by atoms with van der Waals surface area (Å²) in [6.45, 7) is 0. The van der Waals surface area contributed by atoms with Crippen molar-refractivity contribution in [3.63, 3.8) is 0 Å². The van der Waals surface area contributed by atoms with Crippen LogP contribution in [0.5, 0.6) is 0 Å². The zero-order valence-corrected chi connectivity index (χ0v) is 10.3. The quantitative estimate of drug-likeness (QED) is 0.767. The minimum Gasteiger partial charge on any atom is -0.478 e. The first-order valence-electron chi connectivity index (χ1n) is 5.25. The SMILES string of the molecule is Cn1c(-c2cscn2)nc2cc(C(=O)O)ccc21. The van der Waals surface area contributed by atoms with Crippen molar-refractivity contribution < 1.29 is 9.90 Å². The van der Waals surface area contributed by atoms with Crippen LogP contribution in [0.3, 0.4) is 0 Å². The summed E-state index contributed by atoms with van der Waals surface area (Å²) in [6, 6.07) is 4.92. The first-order valence-corrected chi connectivity index (χ1v) is 6.19. The fourth-order valence-corrected chi connectivity index (χ4v) is 2.42. The van der Waals surface area contributed by atoms with Crippen LogP contribution in [-0.4, -0.2) is 25.6 Å². The van der Waals surface area contributed by atoms with E-state index in [1.54, 1.807) is 23.7 Å². The van der Waals surface area contributed by atoms with Crippen LogP contribution in [-0.2, 0) is 7.05 Å². The zero-order valence-electron chi connectivity index (χ0n) is 9.49. The predicted molar refractivity (Wildman–Crippen MR) is 68.8 cm³/mol. The second-order valence-electron chi connectivity index (χ2n) is 3.88. The number of carbonyl (C=O) groups is 1. The molecule has 2 aromatic heterocycles. The maximum atomic E-state index is 10.9. The zero-order chi connectivity index (χ0) is 12.7.